The molecule has 0 amide bonds. The first-order valence-corrected chi connectivity index (χ1v) is 8.71. The number of rotatable bonds is 10. The molecular formula is C19H40O4. The number of ether oxygens (including phenoxy) is 2. The van der Waals surface area contributed by atoms with Crippen molar-refractivity contribution in [2.45, 2.75) is 98.6 Å². The summed E-state index contributed by atoms with van der Waals surface area (Å²) in [5.41, 5.74) is -2.02. The first-order chi connectivity index (χ1) is 10.1. The minimum atomic E-state index is -0.729. The molecule has 0 aliphatic rings. The van der Waals surface area contributed by atoms with Crippen molar-refractivity contribution in [2.24, 2.45) is 11.3 Å². The monoisotopic (exact) mass is 332 g/mol. The predicted molar refractivity (Wildman–Crippen MR) is 95.6 cm³/mol. The maximum atomic E-state index is 9.87. The van der Waals surface area contributed by atoms with E-state index in [1.165, 1.54) is 0 Å². The Balaban J connectivity index is 5.18. The third kappa shape index (κ3) is 7.08. The van der Waals surface area contributed by atoms with Gasteiger partial charge in [0.25, 0.3) is 0 Å². The summed E-state index contributed by atoms with van der Waals surface area (Å²) >= 11 is 0. The molecule has 1 atom stereocenters. The number of aliphatic hydroxyl groups is 2. The quantitative estimate of drug-likeness (QED) is 0.639. The van der Waals surface area contributed by atoms with Gasteiger partial charge in [0.1, 0.15) is 0 Å². The van der Waals surface area contributed by atoms with Crippen LogP contribution in [0.4, 0.5) is 0 Å². The van der Waals surface area contributed by atoms with Crippen LogP contribution in [0.15, 0.2) is 0 Å². The zero-order valence-electron chi connectivity index (χ0n) is 17.0. The average Bonchev–Trinajstić information content (AvgIpc) is 2.33. The Bertz CT molecular complexity index is 351. The molecule has 0 heterocycles. The highest BCUT2D eigenvalue weighted by Crippen LogP contribution is 2.43. The fourth-order valence-electron chi connectivity index (χ4n) is 2.58. The van der Waals surface area contributed by atoms with Gasteiger partial charge in [-0.3, -0.25) is 0 Å². The minimum Gasteiger partial charge on any atom is -0.393 e. The number of hydrogen-bond donors (Lipinski definition) is 2. The molecule has 0 radical (unpaired) electrons. The predicted octanol–water partition coefficient (Wildman–Crippen LogP) is 3.78. The highest BCUT2D eigenvalue weighted by Gasteiger charge is 2.47. The summed E-state index contributed by atoms with van der Waals surface area (Å²) in [5.74, 6) is 0.285. The molecule has 0 aromatic carbocycles. The van der Waals surface area contributed by atoms with Gasteiger partial charge in [-0.05, 0) is 53.9 Å². The summed E-state index contributed by atoms with van der Waals surface area (Å²) in [5, 5.41) is 19.4. The Morgan fingerprint density at radius 3 is 1.74 bits per heavy atom. The van der Waals surface area contributed by atoms with Crippen molar-refractivity contribution < 1.29 is 19.7 Å². The molecule has 0 aliphatic heterocycles. The smallest absolute Gasteiger partial charge is 0.0860 e. The molecule has 4 heteroatoms. The van der Waals surface area contributed by atoms with Gasteiger partial charge in [-0.25, -0.2) is 0 Å². The summed E-state index contributed by atoms with van der Waals surface area (Å²) in [7, 11) is 0. The van der Waals surface area contributed by atoms with Crippen LogP contribution in [0.2, 0.25) is 0 Å². The second-order valence-corrected chi connectivity index (χ2v) is 9.34. The molecule has 2 N–H and O–H groups in total. The molecular weight excluding hydrogens is 292 g/mol. The van der Waals surface area contributed by atoms with Gasteiger partial charge in [0.2, 0.25) is 0 Å². The lowest BCUT2D eigenvalue weighted by Gasteiger charge is -2.50. The van der Waals surface area contributed by atoms with E-state index in [2.05, 4.69) is 41.5 Å². The molecule has 0 rings (SSSR count). The highest BCUT2D eigenvalue weighted by molar-refractivity contribution is 4.96. The summed E-state index contributed by atoms with van der Waals surface area (Å²) in [4.78, 5) is 0. The maximum Gasteiger partial charge on any atom is 0.0860 e. The van der Waals surface area contributed by atoms with Gasteiger partial charge in [0, 0.05) is 5.41 Å². The summed E-state index contributed by atoms with van der Waals surface area (Å²) in [6, 6.07) is 0. The summed E-state index contributed by atoms with van der Waals surface area (Å²) in [6.45, 7) is 20.6. The van der Waals surface area contributed by atoms with Crippen LogP contribution in [0, 0.1) is 11.3 Å². The minimum absolute atomic E-state index is 0.0215. The van der Waals surface area contributed by atoms with Crippen LogP contribution in [0.3, 0.4) is 0 Å². The van der Waals surface area contributed by atoms with Gasteiger partial charge in [-0.15, -0.1) is 0 Å². The van der Waals surface area contributed by atoms with Crippen LogP contribution in [-0.4, -0.2) is 46.3 Å². The van der Waals surface area contributed by atoms with Crippen molar-refractivity contribution in [3.8, 4) is 0 Å². The van der Waals surface area contributed by atoms with Crippen LogP contribution in [0.5, 0.6) is 0 Å². The molecule has 0 saturated carbocycles. The van der Waals surface area contributed by atoms with Crippen molar-refractivity contribution in [2.75, 3.05) is 13.2 Å². The van der Waals surface area contributed by atoms with E-state index < -0.39 is 16.8 Å². The first kappa shape index (κ1) is 22.8. The molecule has 23 heavy (non-hydrogen) atoms. The van der Waals surface area contributed by atoms with E-state index in [9.17, 15) is 10.2 Å². The Morgan fingerprint density at radius 1 is 0.913 bits per heavy atom. The fourth-order valence-corrected chi connectivity index (χ4v) is 2.58. The highest BCUT2D eigenvalue weighted by atomic mass is 16.5. The molecule has 4 nitrogen and oxygen atoms in total. The van der Waals surface area contributed by atoms with Gasteiger partial charge >= 0.3 is 0 Å². The number of aliphatic hydroxyl groups excluding tert-OH is 1. The zero-order chi connectivity index (χ0) is 18.7. The van der Waals surface area contributed by atoms with Crippen LogP contribution >= 0.6 is 0 Å². The van der Waals surface area contributed by atoms with Crippen LogP contribution in [0.1, 0.15) is 75.7 Å². The largest absolute Gasteiger partial charge is 0.393 e. The molecule has 1 unspecified atom stereocenters. The SMILES string of the molecule is CC(C)C(OC(C)(C)CO)C(C)(C)C(C)(C)OCCC(C)(C)O. The lowest BCUT2D eigenvalue weighted by atomic mass is 9.69. The third-order valence-electron chi connectivity index (χ3n) is 4.87. The Hall–Kier alpha value is -0.160. The standard InChI is InChI=1S/C19H40O4/c1-14(2)15(23-17(5,6)13-20)18(7,8)19(9,10)22-12-11-16(3,4)21/h14-15,20-21H,11-13H2,1-10H3. The van der Waals surface area contributed by atoms with Gasteiger partial charge < -0.3 is 19.7 Å². The second-order valence-electron chi connectivity index (χ2n) is 9.34. The third-order valence-corrected chi connectivity index (χ3v) is 4.87. The number of hydrogen-bond acceptors (Lipinski definition) is 4. The Morgan fingerprint density at radius 2 is 1.39 bits per heavy atom. The van der Waals surface area contributed by atoms with E-state index in [0.29, 0.717) is 13.0 Å². The van der Waals surface area contributed by atoms with Crippen LogP contribution in [-0.2, 0) is 9.47 Å². The zero-order valence-corrected chi connectivity index (χ0v) is 17.0. The summed E-state index contributed by atoms with van der Waals surface area (Å²) in [6.07, 6.45) is 0.517. The second kappa shape index (κ2) is 7.81. The van der Waals surface area contributed by atoms with E-state index >= 15 is 0 Å². The molecule has 0 aromatic heterocycles. The van der Waals surface area contributed by atoms with Crippen molar-refractivity contribution in [3.05, 3.63) is 0 Å². The molecule has 0 aromatic rings. The molecule has 140 valence electrons. The first-order valence-electron chi connectivity index (χ1n) is 8.71. The van der Waals surface area contributed by atoms with Crippen molar-refractivity contribution in [3.63, 3.8) is 0 Å². The van der Waals surface area contributed by atoms with Gasteiger partial charge in [0.05, 0.1) is 36.1 Å². The average molecular weight is 333 g/mol. The van der Waals surface area contributed by atoms with Gasteiger partial charge in [-0.1, -0.05) is 27.7 Å². The molecule has 0 aliphatic carbocycles. The summed E-state index contributed by atoms with van der Waals surface area (Å²) < 4.78 is 12.4. The fraction of sp³-hybridized carbons (Fsp3) is 1.00. The van der Waals surface area contributed by atoms with Crippen molar-refractivity contribution in [1.82, 2.24) is 0 Å². The van der Waals surface area contributed by atoms with Crippen LogP contribution < -0.4 is 0 Å². The molecule has 0 fully saturated rings. The topological polar surface area (TPSA) is 58.9 Å². The van der Waals surface area contributed by atoms with E-state index in [0.717, 1.165) is 0 Å². The van der Waals surface area contributed by atoms with E-state index in [1.807, 2.05) is 13.8 Å². The van der Waals surface area contributed by atoms with Crippen LogP contribution in [0.25, 0.3) is 0 Å². The normalized spacial score (nSPS) is 16.0. The van der Waals surface area contributed by atoms with E-state index in [4.69, 9.17) is 9.47 Å². The Kier molecular flexibility index (Phi) is 7.76. The maximum absolute atomic E-state index is 9.87. The van der Waals surface area contributed by atoms with E-state index in [1.54, 1.807) is 13.8 Å². The molecule has 0 saturated heterocycles. The molecule has 0 bridgehead atoms. The van der Waals surface area contributed by atoms with Gasteiger partial charge in [-0.2, -0.15) is 0 Å². The lowest BCUT2D eigenvalue weighted by molar-refractivity contribution is -0.211. The van der Waals surface area contributed by atoms with Gasteiger partial charge in [0.15, 0.2) is 0 Å². The van der Waals surface area contributed by atoms with Crippen molar-refractivity contribution in [1.29, 1.82) is 0 Å². The van der Waals surface area contributed by atoms with E-state index in [-0.39, 0.29) is 24.0 Å². The molecule has 0 spiro atoms. The van der Waals surface area contributed by atoms with Crippen molar-refractivity contribution >= 4 is 0 Å². The lowest BCUT2D eigenvalue weighted by Crippen LogP contribution is -2.55. The Labute approximate surface area is 143 Å².